The number of hydrogen-bond acceptors (Lipinski definition) is 4. The van der Waals surface area contributed by atoms with Crippen molar-refractivity contribution in [3.05, 3.63) is 29.6 Å². The van der Waals surface area contributed by atoms with Crippen LogP contribution in [0.4, 0.5) is 4.79 Å². The molecule has 0 radical (unpaired) electrons. The molecule has 100 valence electrons. The standard InChI is InChI=1S/C12H15N5O2/c13-3-1-2-9-6-10(8-15-7-9)11(18)16-4-5-17-12(14)19/h6-8H,3-5,13H2,(H,16,18)(H3,14,17,19). The molecule has 7 nitrogen and oxygen atoms in total. The average Bonchev–Trinajstić information content (AvgIpc) is 2.41. The number of nitrogens with two attached hydrogens (primary N) is 2. The van der Waals surface area contributed by atoms with Gasteiger partial charge in [0, 0.05) is 31.0 Å². The third-order valence-corrected chi connectivity index (χ3v) is 2.05. The van der Waals surface area contributed by atoms with Crippen molar-refractivity contribution in [3.63, 3.8) is 0 Å². The summed E-state index contributed by atoms with van der Waals surface area (Å²) in [6, 6.07) is 0.988. The summed E-state index contributed by atoms with van der Waals surface area (Å²) in [7, 11) is 0. The highest BCUT2D eigenvalue weighted by molar-refractivity contribution is 5.94. The lowest BCUT2D eigenvalue weighted by Crippen LogP contribution is -2.37. The number of carbonyl (C=O) groups is 2. The van der Waals surface area contributed by atoms with Crippen LogP contribution in [-0.2, 0) is 0 Å². The van der Waals surface area contributed by atoms with Crippen molar-refractivity contribution in [2.45, 2.75) is 0 Å². The molecule has 1 heterocycles. The van der Waals surface area contributed by atoms with Crippen LogP contribution in [-0.4, -0.2) is 36.6 Å². The van der Waals surface area contributed by atoms with Gasteiger partial charge in [0.15, 0.2) is 0 Å². The zero-order valence-electron chi connectivity index (χ0n) is 10.3. The fourth-order valence-corrected chi connectivity index (χ4v) is 1.25. The monoisotopic (exact) mass is 261 g/mol. The van der Waals surface area contributed by atoms with Gasteiger partial charge >= 0.3 is 6.03 Å². The van der Waals surface area contributed by atoms with E-state index in [2.05, 4.69) is 27.5 Å². The third kappa shape index (κ3) is 5.52. The Morgan fingerprint density at radius 1 is 1.26 bits per heavy atom. The highest BCUT2D eigenvalue weighted by Crippen LogP contribution is 2.01. The molecule has 0 aromatic carbocycles. The van der Waals surface area contributed by atoms with E-state index in [0.29, 0.717) is 11.1 Å². The predicted molar refractivity (Wildman–Crippen MR) is 70.1 cm³/mol. The van der Waals surface area contributed by atoms with E-state index < -0.39 is 6.03 Å². The molecule has 0 saturated carbocycles. The molecule has 0 bridgehead atoms. The smallest absolute Gasteiger partial charge is 0.312 e. The van der Waals surface area contributed by atoms with Gasteiger partial charge in [0.05, 0.1) is 12.1 Å². The molecule has 1 rings (SSSR count). The minimum absolute atomic E-state index is 0.245. The van der Waals surface area contributed by atoms with Crippen molar-refractivity contribution >= 4 is 11.9 Å². The van der Waals surface area contributed by atoms with Crippen molar-refractivity contribution in [3.8, 4) is 11.8 Å². The summed E-state index contributed by atoms with van der Waals surface area (Å²) < 4.78 is 0. The molecule has 19 heavy (non-hydrogen) atoms. The van der Waals surface area contributed by atoms with Gasteiger partial charge in [0.2, 0.25) is 0 Å². The predicted octanol–water partition coefficient (Wildman–Crippen LogP) is -1.21. The molecular weight excluding hydrogens is 246 g/mol. The highest BCUT2D eigenvalue weighted by atomic mass is 16.2. The summed E-state index contributed by atoms with van der Waals surface area (Å²) in [6.07, 6.45) is 2.98. The van der Waals surface area contributed by atoms with Crippen LogP contribution in [0.3, 0.4) is 0 Å². The molecule has 0 aliphatic carbocycles. The maximum atomic E-state index is 11.7. The molecule has 1 aromatic rings. The van der Waals surface area contributed by atoms with Crippen molar-refractivity contribution < 1.29 is 9.59 Å². The minimum atomic E-state index is -0.630. The first-order chi connectivity index (χ1) is 9.13. The van der Waals surface area contributed by atoms with Gasteiger partial charge in [-0.3, -0.25) is 9.78 Å². The van der Waals surface area contributed by atoms with Gasteiger partial charge in [-0.05, 0) is 6.07 Å². The molecule has 1 aromatic heterocycles. The van der Waals surface area contributed by atoms with Crippen LogP contribution < -0.4 is 22.1 Å². The van der Waals surface area contributed by atoms with Crippen LogP contribution in [0.15, 0.2) is 18.5 Å². The molecule has 0 spiro atoms. The molecule has 0 atom stereocenters. The number of hydrogen-bond donors (Lipinski definition) is 4. The molecular formula is C12H15N5O2. The number of rotatable bonds is 4. The maximum absolute atomic E-state index is 11.7. The van der Waals surface area contributed by atoms with Crippen LogP contribution >= 0.6 is 0 Å². The molecule has 0 aliphatic heterocycles. The number of amides is 3. The summed E-state index contributed by atoms with van der Waals surface area (Å²) in [5.41, 5.74) is 11.2. The van der Waals surface area contributed by atoms with E-state index in [9.17, 15) is 9.59 Å². The highest BCUT2D eigenvalue weighted by Gasteiger charge is 2.05. The number of pyridine rings is 1. The van der Waals surface area contributed by atoms with Gasteiger partial charge in [-0.1, -0.05) is 11.8 Å². The summed E-state index contributed by atoms with van der Waals surface area (Å²) in [4.78, 5) is 26.1. The maximum Gasteiger partial charge on any atom is 0.312 e. The normalized spacial score (nSPS) is 9.11. The van der Waals surface area contributed by atoms with Crippen molar-refractivity contribution in [1.82, 2.24) is 15.6 Å². The van der Waals surface area contributed by atoms with Gasteiger partial charge in [-0.2, -0.15) is 0 Å². The van der Waals surface area contributed by atoms with E-state index in [4.69, 9.17) is 11.5 Å². The molecule has 0 fully saturated rings. The quantitative estimate of drug-likeness (QED) is 0.401. The Bertz CT molecular complexity index is 518. The average molecular weight is 261 g/mol. The zero-order valence-corrected chi connectivity index (χ0v) is 10.3. The third-order valence-electron chi connectivity index (χ3n) is 2.05. The van der Waals surface area contributed by atoms with Crippen molar-refractivity contribution in [2.75, 3.05) is 19.6 Å². The van der Waals surface area contributed by atoms with Gasteiger partial charge in [-0.15, -0.1) is 0 Å². The van der Waals surface area contributed by atoms with Crippen LogP contribution in [0, 0.1) is 11.8 Å². The molecule has 6 N–H and O–H groups in total. The fraction of sp³-hybridized carbons (Fsp3) is 0.250. The van der Waals surface area contributed by atoms with E-state index in [0.717, 1.165) is 0 Å². The van der Waals surface area contributed by atoms with Crippen molar-refractivity contribution in [1.29, 1.82) is 0 Å². The Kier molecular flexibility index (Phi) is 5.85. The Morgan fingerprint density at radius 2 is 2.00 bits per heavy atom. The molecule has 0 saturated heterocycles. The lowest BCUT2D eigenvalue weighted by molar-refractivity contribution is 0.0953. The van der Waals surface area contributed by atoms with Gasteiger partial charge in [0.1, 0.15) is 0 Å². The summed E-state index contributed by atoms with van der Waals surface area (Å²) in [5, 5.41) is 4.98. The number of urea groups is 1. The SMILES string of the molecule is NCC#Cc1cncc(C(=O)NCCNC(N)=O)c1. The minimum Gasteiger partial charge on any atom is -0.352 e. The second kappa shape index (κ2) is 7.68. The van der Waals surface area contributed by atoms with Gasteiger partial charge in [-0.25, -0.2) is 4.79 Å². The lowest BCUT2D eigenvalue weighted by atomic mass is 10.2. The molecule has 0 unspecified atom stereocenters. The summed E-state index contributed by atoms with van der Waals surface area (Å²) in [5.74, 6) is 5.17. The lowest BCUT2D eigenvalue weighted by Gasteiger charge is -2.05. The molecule has 3 amide bonds. The van der Waals surface area contributed by atoms with Crippen molar-refractivity contribution in [2.24, 2.45) is 11.5 Å². The summed E-state index contributed by atoms with van der Waals surface area (Å²) >= 11 is 0. The van der Waals surface area contributed by atoms with E-state index in [-0.39, 0.29) is 25.5 Å². The molecule has 0 aliphatic rings. The fourth-order valence-electron chi connectivity index (χ4n) is 1.25. The first kappa shape index (κ1) is 14.5. The number of carbonyl (C=O) groups excluding carboxylic acids is 2. The van der Waals surface area contributed by atoms with Crippen LogP contribution in [0.2, 0.25) is 0 Å². The Morgan fingerprint density at radius 3 is 2.68 bits per heavy atom. The first-order valence-corrected chi connectivity index (χ1v) is 5.59. The van der Waals surface area contributed by atoms with E-state index in [1.54, 1.807) is 12.3 Å². The Hall–Kier alpha value is -2.59. The van der Waals surface area contributed by atoms with E-state index in [1.807, 2.05) is 0 Å². The largest absolute Gasteiger partial charge is 0.352 e. The van der Waals surface area contributed by atoms with E-state index >= 15 is 0 Å². The second-order valence-electron chi connectivity index (χ2n) is 3.52. The summed E-state index contributed by atoms with van der Waals surface area (Å²) in [6.45, 7) is 0.789. The zero-order chi connectivity index (χ0) is 14.1. The Labute approximate surface area is 110 Å². The Balaban J connectivity index is 2.54. The molecule has 7 heteroatoms. The van der Waals surface area contributed by atoms with Gasteiger partial charge < -0.3 is 22.1 Å². The van der Waals surface area contributed by atoms with Crippen LogP contribution in [0.25, 0.3) is 0 Å². The topological polar surface area (TPSA) is 123 Å². The van der Waals surface area contributed by atoms with Crippen LogP contribution in [0.5, 0.6) is 0 Å². The van der Waals surface area contributed by atoms with Crippen LogP contribution in [0.1, 0.15) is 15.9 Å². The number of aromatic nitrogens is 1. The first-order valence-electron chi connectivity index (χ1n) is 5.59. The van der Waals surface area contributed by atoms with Gasteiger partial charge in [0.25, 0.3) is 5.91 Å². The number of nitrogens with zero attached hydrogens (tertiary/aromatic N) is 1. The van der Waals surface area contributed by atoms with E-state index in [1.165, 1.54) is 6.20 Å². The number of nitrogens with one attached hydrogen (secondary N) is 2. The number of primary amides is 1. The second-order valence-corrected chi connectivity index (χ2v) is 3.52.